The molecule has 2 aromatic heterocycles. The van der Waals surface area contributed by atoms with E-state index in [-0.39, 0.29) is 12.5 Å². The van der Waals surface area contributed by atoms with Crippen LogP contribution in [0.1, 0.15) is 54.1 Å². The predicted octanol–water partition coefficient (Wildman–Crippen LogP) is 4.63. The number of fused-ring (bicyclic) bond motifs is 2. The van der Waals surface area contributed by atoms with Gasteiger partial charge in [-0.15, -0.1) is 0 Å². The molecule has 31 heavy (non-hydrogen) atoms. The molecule has 1 aliphatic carbocycles. The maximum atomic E-state index is 13.1. The Morgan fingerprint density at radius 2 is 2.03 bits per heavy atom. The highest BCUT2D eigenvalue weighted by atomic mass is 16.5. The Bertz CT molecular complexity index is 1130. The summed E-state index contributed by atoms with van der Waals surface area (Å²) >= 11 is 0. The second kappa shape index (κ2) is 9.16. The second-order valence-electron chi connectivity index (χ2n) is 8.14. The number of furan rings is 1. The average Bonchev–Trinajstić information content (AvgIpc) is 3.28. The number of carbonyl (C=O) groups is 2. The van der Waals surface area contributed by atoms with Gasteiger partial charge in [0.25, 0.3) is 5.91 Å². The summed E-state index contributed by atoms with van der Waals surface area (Å²) < 4.78 is 10.9. The van der Waals surface area contributed by atoms with E-state index in [0.29, 0.717) is 18.0 Å². The number of amides is 1. The van der Waals surface area contributed by atoms with Gasteiger partial charge in [-0.2, -0.15) is 0 Å². The van der Waals surface area contributed by atoms with Crippen molar-refractivity contribution in [1.29, 1.82) is 0 Å². The van der Waals surface area contributed by atoms with Gasteiger partial charge < -0.3 is 14.5 Å². The standard InChI is InChI=1S/C25H26N2O4/c1-16(2)14-26-22(28)15-31-25(29)23-19-9-3-4-11-21(19)27-24-17(7-5-10-20(23)24)13-18-8-6-12-30-18/h3-4,6,8-9,11-13,16H,5,7,10,14-15H2,1-2H3,(H,26,28). The number of nitrogens with zero attached hydrogens (tertiary/aromatic N) is 1. The van der Waals surface area contributed by atoms with Crippen molar-refractivity contribution in [3.05, 3.63) is 65.2 Å². The maximum absolute atomic E-state index is 13.1. The van der Waals surface area contributed by atoms with E-state index in [4.69, 9.17) is 14.1 Å². The third kappa shape index (κ3) is 4.68. The van der Waals surface area contributed by atoms with Crippen LogP contribution in [0.15, 0.2) is 47.1 Å². The summed E-state index contributed by atoms with van der Waals surface area (Å²) in [5.41, 5.74) is 3.94. The molecule has 0 unspecified atom stereocenters. The number of hydrogen-bond acceptors (Lipinski definition) is 5. The highest BCUT2D eigenvalue weighted by Gasteiger charge is 2.26. The first kappa shape index (κ1) is 20.8. The van der Waals surface area contributed by atoms with Crippen LogP contribution < -0.4 is 5.32 Å². The molecule has 6 heteroatoms. The van der Waals surface area contributed by atoms with Gasteiger partial charge in [-0.3, -0.25) is 4.79 Å². The molecule has 0 spiro atoms. The summed E-state index contributed by atoms with van der Waals surface area (Å²) in [5, 5.41) is 3.52. The lowest BCUT2D eigenvalue weighted by Gasteiger charge is -2.22. The number of esters is 1. The fraction of sp³-hybridized carbons (Fsp3) is 0.320. The first-order valence-electron chi connectivity index (χ1n) is 10.6. The highest BCUT2D eigenvalue weighted by molar-refractivity contribution is 6.07. The molecule has 0 saturated carbocycles. The topological polar surface area (TPSA) is 81.4 Å². The summed E-state index contributed by atoms with van der Waals surface area (Å²) in [6.45, 7) is 4.27. The fourth-order valence-electron chi connectivity index (χ4n) is 3.83. The van der Waals surface area contributed by atoms with Crippen LogP contribution in [0, 0.1) is 5.92 Å². The number of benzene rings is 1. The van der Waals surface area contributed by atoms with Crippen molar-refractivity contribution >= 4 is 34.4 Å². The molecule has 1 amide bonds. The minimum Gasteiger partial charge on any atom is -0.465 e. The van der Waals surface area contributed by atoms with Crippen molar-refractivity contribution in [2.45, 2.75) is 33.1 Å². The Morgan fingerprint density at radius 3 is 2.81 bits per heavy atom. The number of ether oxygens (including phenoxy) is 1. The van der Waals surface area contributed by atoms with Crippen LogP contribution in [0.25, 0.3) is 22.6 Å². The Labute approximate surface area is 181 Å². The molecule has 6 nitrogen and oxygen atoms in total. The Balaban J connectivity index is 1.70. The fourth-order valence-corrected chi connectivity index (χ4v) is 3.83. The molecule has 0 atom stereocenters. The molecular formula is C25H26N2O4. The summed E-state index contributed by atoms with van der Waals surface area (Å²) in [4.78, 5) is 30.0. The zero-order valence-electron chi connectivity index (χ0n) is 17.8. The molecule has 0 fully saturated rings. The SMILES string of the molecule is CC(C)CNC(=O)COC(=O)c1c2c(nc3ccccc13)C(=Cc1ccco1)CCC2. The quantitative estimate of drug-likeness (QED) is 0.590. The van der Waals surface area contributed by atoms with Crippen LogP contribution in [0.5, 0.6) is 0 Å². The normalized spacial score (nSPS) is 14.6. The lowest BCUT2D eigenvalue weighted by molar-refractivity contribution is -0.124. The summed E-state index contributed by atoms with van der Waals surface area (Å²) in [6.07, 6.45) is 6.10. The highest BCUT2D eigenvalue weighted by Crippen LogP contribution is 2.36. The number of pyridine rings is 1. The molecule has 0 bridgehead atoms. The Hall–Kier alpha value is -3.41. The zero-order valence-corrected chi connectivity index (χ0v) is 17.8. The van der Waals surface area contributed by atoms with Crippen LogP contribution in [-0.4, -0.2) is 30.0 Å². The summed E-state index contributed by atoms with van der Waals surface area (Å²) in [7, 11) is 0. The van der Waals surface area contributed by atoms with Gasteiger partial charge in [-0.25, -0.2) is 9.78 Å². The van der Waals surface area contributed by atoms with Gasteiger partial charge in [0.1, 0.15) is 5.76 Å². The van der Waals surface area contributed by atoms with Crippen molar-refractivity contribution in [3.63, 3.8) is 0 Å². The minimum atomic E-state index is -0.492. The smallest absolute Gasteiger partial charge is 0.339 e. The largest absolute Gasteiger partial charge is 0.465 e. The van der Waals surface area contributed by atoms with Gasteiger partial charge in [-0.1, -0.05) is 32.0 Å². The van der Waals surface area contributed by atoms with Gasteiger partial charge in [0.05, 0.1) is 23.0 Å². The van der Waals surface area contributed by atoms with Crippen molar-refractivity contribution in [3.8, 4) is 0 Å². The van der Waals surface area contributed by atoms with E-state index in [1.807, 2.05) is 56.3 Å². The number of hydrogen-bond donors (Lipinski definition) is 1. The van der Waals surface area contributed by atoms with Crippen molar-refractivity contribution in [2.75, 3.05) is 13.2 Å². The molecule has 1 aliphatic rings. The number of allylic oxidation sites excluding steroid dienone is 1. The van der Waals surface area contributed by atoms with Crippen LogP contribution in [0.4, 0.5) is 0 Å². The second-order valence-corrected chi connectivity index (χ2v) is 8.14. The van der Waals surface area contributed by atoms with E-state index in [1.165, 1.54) is 0 Å². The van der Waals surface area contributed by atoms with E-state index < -0.39 is 5.97 Å². The van der Waals surface area contributed by atoms with Crippen molar-refractivity contribution < 1.29 is 18.7 Å². The molecule has 2 heterocycles. The van der Waals surface area contributed by atoms with E-state index in [1.54, 1.807) is 6.26 Å². The third-order valence-electron chi connectivity index (χ3n) is 5.28. The van der Waals surface area contributed by atoms with Crippen LogP contribution in [0.2, 0.25) is 0 Å². The Kier molecular flexibility index (Phi) is 6.16. The molecule has 1 N–H and O–H groups in total. The first-order chi connectivity index (χ1) is 15.0. The molecule has 0 radical (unpaired) electrons. The van der Waals surface area contributed by atoms with Gasteiger partial charge in [0.15, 0.2) is 6.61 Å². The maximum Gasteiger partial charge on any atom is 0.339 e. The van der Waals surface area contributed by atoms with E-state index in [2.05, 4.69) is 5.32 Å². The summed E-state index contributed by atoms with van der Waals surface area (Å²) in [5.74, 6) is 0.292. The molecule has 160 valence electrons. The third-order valence-corrected chi connectivity index (χ3v) is 5.28. The van der Waals surface area contributed by atoms with Crippen LogP contribution >= 0.6 is 0 Å². The first-order valence-corrected chi connectivity index (χ1v) is 10.6. The Morgan fingerprint density at radius 1 is 1.19 bits per heavy atom. The molecule has 0 saturated heterocycles. The van der Waals surface area contributed by atoms with Gasteiger partial charge in [0.2, 0.25) is 0 Å². The number of nitrogens with one attached hydrogen (secondary N) is 1. The lowest BCUT2D eigenvalue weighted by Crippen LogP contribution is -2.31. The number of para-hydroxylation sites is 1. The number of rotatable bonds is 6. The van der Waals surface area contributed by atoms with Crippen molar-refractivity contribution in [2.24, 2.45) is 5.92 Å². The van der Waals surface area contributed by atoms with Gasteiger partial charge in [0, 0.05) is 11.9 Å². The van der Waals surface area contributed by atoms with E-state index >= 15 is 0 Å². The molecule has 1 aromatic carbocycles. The molecular weight excluding hydrogens is 392 g/mol. The minimum absolute atomic E-state index is 0.298. The molecule has 3 aromatic rings. The molecule has 0 aliphatic heterocycles. The monoisotopic (exact) mass is 418 g/mol. The summed E-state index contributed by atoms with van der Waals surface area (Å²) in [6, 6.07) is 11.3. The number of carbonyl (C=O) groups excluding carboxylic acids is 2. The van der Waals surface area contributed by atoms with E-state index in [0.717, 1.165) is 52.8 Å². The van der Waals surface area contributed by atoms with Crippen LogP contribution in [-0.2, 0) is 16.0 Å². The van der Waals surface area contributed by atoms with Crippen molar-refractivity contribution in [1.82, 2.24) is 10.3 Å². The number of aromatic nitrogens is 1. The van der Waals surface area contributed by atoms with E-state index in [9.17, 15) is 9.59 Å². The van der Waals surface area contributed by atoms with Gasteiger partial charge >= 0.3 is 5.97 Å². The van der Waals surface area contributed by atoms with Crippen LogP contribution in [0.3, 0.4) is 0 Å². The average molecular weight is 418 g/mol. The lowest BCUT2D eigenvalue weighted by atomic mass is 9.86. The zero-order chi connectivity index (χ0) is 21.8. The predicted molar refractivity (Wildman–Crippen MR) is 119 cm³/mol. The van der Waals surface area contributed by atoms with Gasteiger partial charge in [-0.05, 0) is 60.6 Å². The molecule has 4 rings (SSSR count).